The normalized spacial score (nSPS) is 10.2. The SMILES string of the molecule is NC(=O)Nc1ccc(C(=O)OCc2ccc(-n3cccn3)cc2)cc1. The highest BCUT2D eigenvalue weighted by molar-refractivity contribution is 5.91. The first-order valence-electron chi connectivity index (χ1n) is 7.54. The molecular formula is C18H16N4O3. The fourth-order valence-corrected chi connectivity index (χ4v) is 2.23. The van der Waals surface area contributed by atoms with Crippen molar-refractivity contribution in [2.75, 3.05) is 5.32 Å². The number of nitrogens with one attached hydrogen (secondary N) is 1. The lowest BCUT2D eigenvalue weighted by molar-refractivity contribution is 0.0473. The summed E-state index contributed by atoms with van der Waals surface area (Å²) in [6.07, 6.45) is 3.56. The first-order valence-corrected chi connectivity index (χ1v) is 7.54. The first-order chi connectivity index (χ1) is 12.1. The summed E-state index contributed by atoms with van der Waals surface area (Å²) in [4.78, 5) is 22.8. The number of benzene rings is 2. The van der Waals surface area contributed by atoms with Crippen LogP contribution in [0, 0.1) is 0 Å². The third-order valence-corrected chi connectivity index (χ3v) is 3.46. The second-order valence-electron chi connectivity index (χ2n) is 5.26. The maximum absolute atomic E-state index is 12.1. The number of nitrogens with zero attached hydrogens (tertiary/aromatic N) is 2. The molecule has 0 fully saturated rings. The average Bonchev–Trinajstić information content (AvgIpc) is 3.15. The van der Waals surface area contributed by atoms with Crippen molar-refractivity contribution in [1.82, 2.24) is 9.78 Å². The molecule has 0 atom stereocenters. The number of anilines is 1. The molecule has 0 saturated carbocycles. The van der Waals surface area contributed by atoms with Gasteiger partial charge in [-0.05, 0) is 48.0 Å². The van der Waals surface area contributed by atoms with E-state index in [4.69, 9.17) is 10.5 Å². The third kappa shape index (κ3) is 4.23. The summed E-state index contributed by atoms with van der Waals surface area (Å²) >= 11 is 0. The van der Waals surface area contributed by atoms with Crippen molar-refractivity contribution >= 4 is 17.7 Å². The number of carbonyl (C=O) groups is 2. The predicted octanol–water partition coefficient (Wildman–Crippen LogP) is 2.72. The van der Waals surface area contributed by atoms with Gasteiger partial charge in [-0.15, -0.1) is 0 Å². The number of nitrogens with two attached hydrogens (primary N) is 1. The van der Waals surface area contributed by atoms with Gasteiger partial charge in [0, 0.05) is 18.1 Å². The van der Waals surface area contributed by atoms with Gasteiger partial charge < -0.3 is 15.8 Å². The minimum atomic E-state index is -0.658. The van der Waals surface area contributed by atoms with Gasteiger partial charge in [0.25, 0.3) is 0 Å². The van der Waals surface area contributed by atoms with Crippen LogP contribution in [0.4, 0.5) is 10.5 Å². The molecule has 0 saturated heterocycles. The molecule has 0 radical (unpaired) electrons. The molecule has 3 N–H and O–H groups in total. The maximum atomic E-state index is 12.1. The highest BCUT2D eigenvalue weighted by Gasteiger charge is 2.08. The quantitative estimate of drug-likeness (QED) is 0.700. The molecule has 0 aliphatic heterocycles. The van der Waals surface area contributed by atoms with E-state index < -0.39 is 12.0 Å². The minimum Gasteiger partial charge on any atom is -0.457 e. The standard InChI is InChI=1S/C18H16N4O3/c19-18(24)21-15-6-4-14(5-7-15)17(23)25-12-13-2-8-16(9-3-13)22-11-1-10-20-22/h1-11H,12H2,(H3,19,21,24). The summed E-state index contributed by atoms with van der Waals surface area (Å²) in [5.74, 6) is -0.443. The van der Waals surface area contributed by atoms with Crippen LogP contribution in [0.3, 0.4) is 0 Å². The van der Waals surface area contributed by atoms with Gasteiger partial charge in [-0.2, -0.15) is 5.10 Å². The van der Waals surface area contributed by atoms with E-state index in [-0.39, 0.29) is 6.61 Å². The topological polar surface area (TPSA) is 99.2 Å². The number of carbonyl (C=O) groups excluding carboxylic acids is 2. The Kier molecular flexibility index (Phi) is 4.75. The third-order valence-electron chi connectivity index (χ3n) is 3.46. The van der Waals surface area contributed by atoms with Crippen LogP contribution in [-0.2, 0) is 11.3 Å². The van der Waals surface area contributed by atoms with Crippen LogP contribution in [0.5, 0.6) is 0 Å². The monoisotopic (exact) mass is 336 g/mol. The van der Waals surface area contributed by atoms with Gasteiger partial charge in [0.2, 0.25) is 0 Å². The maximum Gasteiger partial charge on any atom is 0.338 e. The zero-order valence-corrected chi connectivity index (χ0v) is 13.3. The van der Waals surface area contributed by atoms with E-state index in [0.717, 1.165) is 11.3 Å². The van der Waals surface area contributed by atoms with Crippen LogP contribution < -0.4 is 11.1 Å². The summed E-state index contributed by atoms with van der Waals surface area (Å²) in [6, 6.07) is 15.0. The van der Waals surface area contributed by atoms with Crippen molar-refractivity contribution in [2.45, 2.75) is 6.61 Å². The highest BCUT2D eigenvalue weighted by Crippen LogP contribution is 2.13. The Morgan fingerprint density at radius 1 is 1.08 bits per heavy atom. The molecule has 3 aromatic rings. The van der Waals surface area contributed by atoms with Crippen molar-refractivity contribution in [3.05, 3.63) is 78.1 Å². The molecule has 0 aliphatic carbocycles. The van der Waals surface area contributed by atoms with E-state index >= 15 is 0 Å². The number of esters is 1. The van der Waals surface area contributed by atoms with Gasteiger partial charge in [0.05, 0.1) is 11.3 Å². The lowest BCUT2D eigenvalue weighted by Gasteiger charge is -2.07. The summed E-state index contributed by atoms with van der Waals surface area (Å²) in [7, 11) is 0. The zero-order valence-electron chi connectivity index (χ0n) is 13.3. The molecular weight excluding hydrogens is 320 g/mol. The number of rotatable bonds is 5. The van der Waals surface area contributed by atoms with Crippen LogP contribution in [0.2, 0.25) is 0 Å². The van der Waals surface area contributed by atoms with Gasteiger partial charge in [-0.1, -0.05) is 12.1 Å². The molecule has 0 unspecified atom stereocenters. The van der Waals surface area contributed by atoms with Crippen molar-refractivity contribution in [3.63, 3.8) is 0 Å². The Morgan fingerprint density at radius 3 is 2.40 bits per heavy atom. The molecule has 1 heterocycles. The number of aromatic nitrogens is 2. The fourth-order valence-electron chi connectivity index (χ4n) is 2.23. The number of hydrogen-bond acceptors (Lipinski definition) is 4. The Labute approximate surface area is 144 Å². The highest BCUT2D eigenvalue weighted by atomic mass is 16.5. The summed E-state index contributed by atoms with van der Waals surface area (Å²) in [6.45, 7) is 0.166. The summed E-state index contributed by atoms with van der Waals surface area (Å²) < 4.78 is 7.04. The van der Waals surface area contributed by atoms with Crippen LogP contribution in [0.15, 0.2) is 67.0 Å². The van der Waals surface area contributed by atoms with Crippen molar-refractivity contribution in [1.29, 1.82) is 0 Å². The Balaban J connectivity index is 1.57. The Hall–Kier alpha value is -3.61. The van der Waals surface area contributed by atoms with E-state index in [9.17, 15) is 9.59 Å². The number of ether oxygens (including phenoxy) is 1. The minimum absolute atomic E-state index is 0.166. The smallest absolute Gasteiger partial charge is 0.338 e. The molecule has 0 aliphatic rings. The van der Waals surface area contributed by atoms with Gasteiger partial charge in [-0.25, -0.2) is 14.3 Å². The molecule has 25 heavy (non-hydrogen) atoms. The van der Waals surface area contributed by atoms with Crippen LogP contribution in [0.1, 0.15) is 15.9 Å². The molecule has 7 heteroatoms. The fraction of sp³-hybridized carbons (Fsp3) is 0.0556. The van der Waals surface area contributed by atoms with E-state index in [1.807, 2.05) is 36.5 Å². The van der Waals surface area contributed by atoms with E-state index in [1.54, 1.807) is 35.1 Å². The summed E-state index contributed by atoms with van der Waals surface area (Å²) in [5, 5.41) is 6.58. The molecule has 3 rings (SSSR count). The second-order valence-corrected chi connectivity index (χ2v) is 5.26. The number of primary amides is 1. The van der Waals surface area contributed by atoms with Crippen LogP contribution >= 0.6 is 0 Å². The molecule has 0 bridgehead atoms. The van der Waals surface area contributed by atoms with Crippen molar-refractivity contribution < 1.29 is 14.3 Å². The summed E-state index contributed by atoms with van der Waals surface area (Å²) in [5.41, 5.74) is 7.73. The molecule has 126 valence electrons. The molecule has 0 spiro atoms. The first kappa shape index (κ1) is 16.3. The second kappa shape index (κ2) is 7.31. The average molecular weight is 336 g/mol. The van der Waals surface area contributed by atoms with E-state index in [2.05, 4.69) is 10.4 Å². The lowest BCUT2D eigenvalue weighted by Crippen LogP contribution is -2.19. The Morgan fingerprint density at radius 2 is 1.80 bits per heavy atom. The lowest BCUT2D eigenvalue weighted by atomic mass is 10.2. The Bertz CT molecular complexity index is 856. The molecule has 7 nitrogen and oxygen atoms in total. The van der Waals surface area contributed by atoms with Crippen LogP contribution in [-0.4, -0.2) is 21.8 Å². The van der Waals surface area contributed by atoms with Gasteiger partial charge in [0.1, 0.15) is 6.61 Å². The number of urea groups is 1. The van der Waals surface area contributed by atoms with Gasteiger partial charge in [-0.3, -0.25) is 0 Å². The van der Waals surface area contributed by atoms with Crippen molar-refractivity contribution in [3.8, 4) is 5.69 Å². The van der Waals surface area contributed by atoms with Crippen molar-refractivity contribution in [2.24, 2.45) is 5.73 Å². The predicted molar refractivity (Wildman–Crippen MR) is 92.3 cm³/mol. The molecule has 2 aromatic carbocycles. The van der Waals surface area contributed by atoms with Gasteiger partial charge >= 0.3 is 12.0 Å². The number of hydrogen-bond donors (Lipinski definition) is 2. The van der Waals surface area contributed by atoms with Crippen LogP contribution in [0.25, 0.3) is 5.69 Å². The molecule has 2 amide bonds. The van der Waals surface area contributed by atoms with Gasteiger partial charge in [0.15, 0.2) is 0 Å². The largest absolute Gasteiger partial charge is 0.457 e. The number of amides is 2. The molecule has 1 aromatic heterocycles. The van der Waals surface area contributed by atoms with E-state index in [1.165, 1.54) is 0 Å². The van der Waals surface area contributed by atoms with E-state index in [0.29, 0.717) is 11.3 Å². The zero-order chi connectivity index (χ0) is 17.6.